The van der Waals surface area contributed by atoms with Gasteiger partial charge < -0.3 is 35.3 Å². The van der Waals surface area contributed by atoms with Gasteiger partial charge in [0.2, 0.25) is 0 Å². The molecule has 1 atom stereocenters. The summed E-state index contributed by atoms with van der Waals surface area (Å²) in [6, 6.07) is 11.1. The van der Waals surface area contributed by atoms with E-state index in [4.69, 9.17) is 14.6 Å². The third-order valence-electron chi connectivity index (χ3n) is 7.05. The van der Waals surface area contributed by atoms with Crippen LogP contribution in [-0.2, 0) is 14.4 Å². The second kappa shape index (κ2) is 13.7. The number of nitrogens with one attached hydrogen (secondary N) is 1. The molecule has 1 amide bonds. The Kier molecular flexibility index (Phi) is 9.78. The number of hydrogen-bond donors (Lipinski definition) is 6. The number of fused-ring (bicyclic) bond motifs is 2. The molecule has 0 radical (unpaired) electrons. The molecule has 0 aromatic heterocycles. The molecule has 2 aromatic rings. The van der Waals surface area contributed by atoms with Gasteiger partial charge in [-0.05, 0) is 61.2 Å². The predicted octanol–water partition coefficient (Wildman–Crippen LogP) is 2.79. The normalized spacial score (nSPS) is 11.8. The highest BCUT2D eigenvalue weighted by atomic mass is 16.4. The minimum atomic E-state index is -1.37. The highest BCUT2D eigenvalue weighted by molar-refractivity contribution is 6.09. The van der Waals surface area contributed by atoms with Crippen molar-refractivity contribution in [2.75, 3.05) is 19.6 Å². The van der Waals surface area contributed by atoms with E-state index >= 15 is 0 Å². The Morgan fingerprint density at radius 1 is 0.822 bits per heavy atom. The maximum absolute atomic E-state index is 12.9. The van der Waals surface area contributed by atoms with Gasteiger partial charge in [-0.1, -0.05) is 6.07 Å². The molecule has 0 saturated heterocycles. The number of carboxylic acid groups (broad SMARTS) is 4. The van der Waals surface area contributed by atoms with Crippen LogP contribution in [0, 0.1) is 0 Å². The van der Waals surface area contributed by atoms with E-state index in [0.29, 0.717) is 16.5 Å². The van der Waals surface area contributed by atoms with Crippen molar-refractivity contribution in [1.82, 2.24) is 10.2 Å². The van der Waals surface area contributed by atoms with Crippen molar-refractivity contribution in [3.8, 4) is 28.2 Å². The largest absolute Gasteiger partial charge is 0.508 e. The topological polar surface area (TPSA) is 232 Å². The second-order valence-electron chi connectivity index (χ2n) is 10.2. The van der Waals surface area contributed by atoms with E-state index in [0.717, 1.165) is 4.90 Å². The smallest absolute Gasteiger partial charge is 0.336 e. The summed E-state index contributed by atoms with van der Waals surface area (Å²) < 4.78 is 5.81. The minimum absolute atomic E-state index is 0.0300. The zero-order valence-corrected chi connectivity index (χ0v) is 23.6. The highest BCUT2D eigenvalue weighted by Crippen LogP contribution is 2.42. The summed E-state index contributed by atoms with van der Waals surface area (Å²) in [4.78, 5) is 72.0. The summed E-state index contributed by atoms with van der Waals surface area (Å²) in [5, 5.41) is 50.7. The van der Waals surface area contributed by atoms with Gasteiger partial charge in [0.15, 0.2) is 5.43 Å². The fourth-order valence-electron chi connectivity index (χ4n) is 5.08. The lowest BCUT2D eigenvalue weighted by atomic mass is 9.90. The van der Waals surface area contributed by atoms with Crippen LogP contribution in [0.15, 0.2) is 63.8 Å². The third-order valence-corrected chi connectivity index (χ3v) is 7.05. The zero-order valence-electron chi connectivity index (χ0n) is 23.6. The van der Waals surface area contributed by atoms with Crippen LogP contribution in [0.5, 0.6) is 5.75 Å². The molecule has 0 spiro atoms. The average Bonchev–Trinajstić information content (AvgIpc) is 2.96. The molecule has 234 valence electrons. The van der Waals surface area contributed by atoms with Gasteiger partial charge in [-0.2, -0.15) is 0 Å². The number of carbonyl (C=O) groups is 5. The van der Waals surface area contributed by atoms with E-state index < -0.39 is 48.9 Å². The lowest BCUT2D eigenvalue weighted by molar-refractivity contribution is -0.149. The maximum Gasteiger partial charge on any atom is 0.336 e. The second-order valence-corrected chi connectivity index (χ2v) is 10.2. The molecule has 1 heterocycles. The van der Waals surface area contributed by atoms with Gasteiger partial charge in [-0.25, -0.2) is 4.79 Å². The number of phenols is 1. The van der Waals surface area contributed by atoms with E-state index in [1.165, 1.54) is 48.5 Å². The number of hydrogen-bond acceptors (Lipinski definition) is 9. The van der Waals surface area contributed by atoms with Gasteiger partial charge in [0, 0.05) is 40.8 Å². The Balaban J connectivity index is 1.53. The van der Waals surface area contributed by atoms with E-state index in [2.05, 4.69) is 5.32 Å². The number of nitrogens with zero attached hydrogens (tertiary/aromatic N) is 1. The molecule has 0 bridgehead atoms. The number of carboxylic acids is 4. The van der Waals surface area contributed by atoms with Crippen molar-refractivity contribution in [2.24, 2.45) is 0 Å². The molecule has 6 N–H and O–H groups in total. The van der Waals surface area contributed by atoms with Crippen molar-refractivity contribution in [1.29, 1.82) is 0 Å². The lowest BCUT2D eigenvalue weighted by Crippen LogP contribution is -2.46. The van der Waals surface area contributed by atoms with Gasteiger partial charge in [0.05, 0.1) is 18.7 Å². The molecule has 1 aliphatic heterocycles. The van der Waals surface area contributed by atoms with E-state index in [1.54, 1.807) is 6.07 Å². The van der Waals surface area contributed by atoms with Gasteiger partial charge >= 0.3 is 23.9 Å². The predicted molar refractivity (Wildman–Crippen MR) is 158 cm³/mol. The Labute approximate surface area is 254 Å². The molecule has 14 nitrogen and oxygen atoms in total. The molecular formula is C31H28N2O12. The maximum atomic E-state index is 12.9. The number of benzene rings is 3. The van der Waals surface area contributed by atoms with E-state index in [1.807, 2.05) is 0 Å². The van der Waals surface area contributed by atoms with Crippen molar-refractivity contribution in [2.45, 2.75) is 25.3 Å². The number of carbonyl (C=O) groups excluding carboxylic acids is 1. The molecule has 1 aliphatic carbocycles. The molecular weight excluding hydrogens is 592 g/mol. The van der Waals surface area contributed by atoms with Crippen molar-refractivity contribution >= 4 is 40.8 Å². The van der Waals surface area contributed by atoms with Crippen LogP contribution < -0.4 is 10.7 Å². The quantitative estimate of drug-likeness (QED) is 0.0880. The van der Waals surface area contributed by atoms with Gasteiger partial charge in [0.1, 0.15) is 23.1 Å². The van der Waals surface area contributed by atoms with Crippen LogP contribution in [-0.4, -0.2) is 85.9 Å². The zero-order chi connectivity index (χ0) is 32.8. The SMILES string of the molecule is O=C(O)CN(CC(=O)O)[C@@H](CCCCNC(=O)c1ccc(-c2c3ccc(=O)cc-3oc3cc(O)ccc23)c(C(=O)O)c1)C(=O)O. The number of phenolic OH excluding ortho intramolecular Hbond substituents is 1. The number of unbranched alkanes of at least 4 members (excludes halogenated alkanes) is 1. The number of aromatic hydroxyl groups is 1. The molecule has 0 fully saturated rings. The van der Waals surface area contributed by atoms with Crippen LogP contribution >= 0.6 is 0 Å². The Hall–Kier alpha value is -5.76. The van der Waals surface area contributed by atoms with Crippen LogP contribution in [0.1, 0.15) is 40.0 Å². The third kappa shape index (κ3) is 7.61. The summed E-state index contributed by atoms with van der Waals surface area (Å²) in [5.41, 5.74) is 0.792. The first-order valence-electron chi connectivity index (χ1n) is 13.6. The molecule has 2 aliphatic rings. The molecule has 2 aromatic carbocycles. The lowest BCUT2D eigenvalue weighted by Gasteiger charge is -2.25. The number of amides is 1. The highest BCUT2D eigenvalue weighted by Gasteiger charge is 2.29. The number of aromatic carboxylic acids is 1. The first-order chi connectivity index (χ1) is 21.3. The fourth-order valence-corrected chi connectivity index (χ4v) is 5.08. The van der Waals surface area contributed by atoms with Gasteiger partial charge in [-0.15, -0.1) is 0 Å². The molecule has 14 heteroatoms. The summed E-state index contributed by atoms with van der Waals surface area (Å²) in [5.74, 6) is -5.98. The Morgan fingerprint density at radius 2 is 1.51 bits per heavy atom. The molecule has 0 unspecified atom stereocenters. The van der Waals surface area contributed by atoms with Crippen LogP contribution in [0.2, 0.25) is 0 Å². The van der Waals surface area contributed by atoms with Crippen molar-refractivity contribution in [3.63, 3.8) is 0 Å². The average molecular weight is 621 g/mol. The summed E-state index contributed by atoms with van der Waals surface area (Å²) in [6.45, 7) is -1.47. The summed E-state index contributed by atoms with van der Waals surface area (Å²) in [6.07, 6.45) is 0.417. The fraction of sp³-hybridized carbons (Fsp3) is 0.226. The number of rotatable bonds is 14. The number of aliphatic carboxylic acids is 3. The Bertz CT molecular complexity index is 1810. The van der Waals surface area contributed by atoms with Crippen LogP contribution in [0.3, 0.4) is 0 Å². The van der Waals surface area contributed by atoms with Gasteiger partial charge in [0.25, 0.3) is 5.91 Å². The standard InChI is InChI=1S/C31H28N2O12/c34-17-5-8-20-24(12-17)45-25-13-18(35)6-9-21(25)28(20)19-7-4-16(11-22(19)30(41)42)29(40)32-10-2-1-3-23(31(43)44)33(14-26(36)37)15-27(38)39/h4-9,11-13,23,34H,1-3,10,14-15H2,(H,32,40)(H,36,37)(H,38,39)(H,41,42)(H,43,44)/t23-/m0/s1. The molecule has 45 heavy (non-hydrogen) atoms. The monoisotopic (exact) mass is 620 g/mol. The first kappa shape index (κ1) is 32.2. The first-order valence-corrected chi connectivity index (χ1v) is 13.6. The van der Waals surface area contributed by atoms with Crippen LogP contribution in [0.25, 0.3) is 33.4 Å². The minimum Gasteiger partial charge on any atom is -0.508 e. The van der Waals surface area contributed by atoms with E-state index in [9.17, 15) is 44.1 Å². The molecule has 0 saturated carbocycles. The molecule has 4 rings (SSSR count). The summed E-state index contributed by atoms with van der Waals surface area (Å²) in [7, 11) is 0. The van der Waals surface area contributed by atoms with E-state index in [-0.39, 0.29) is 65.0 Å². The van der Waals surface area contributed by atoms with Crippen LogP contribution in [0.4, 0.5) is 0 Å². The van der Waals surface area contributed by atoms with Crippen molar-refractivity contribution in [3.05, 3.63) is 75.9 Å². The van der Waals surface area contributed by atoms with Crippen molar-refractivity contribution < 1.29 is 53.9 Å². The van der Waals surface area contributed by atoms with Gasteiger partial charge in [-0.3, -0.25) is 28.9 Å². The summed E-state index contributed by atoms with van der Waals surface area (Å²) >= 11 is 0. The Morgan fingerprint density at radius 3 is 2.16 bits per heavy atom.